The molecule has 0 fully saturated rings. The summed E-state index contributed by atoms with van der Waals surface area (Å²) in [4.78, 5) is 2.44. The average molecular weight is 795 g/mol. The van der Waals surface area contributed by atoms with E-state index in [-0.39, 0.29) is 0 Å². The summed E-state index contributed by atoms with van der Waals surface area (Å²) in [6, 6.07) is 84.1. The summed E-state index contributed by atoms with van der Waals surface area (Å²) in [6.45, 7) is 0. The standard InChI is InChI=1S/C58H38N2S/c1-4-14-39(15-5-1)40-24-30-46(31-25-40)59(53-37-36-49(42-16-6-2-7-17-42)58-56(53)52-22-12-13-23-55(52)61-58)47-32-26-41(27-33-47)44-29-34-50-51-35-28-43-18-10-11-21-48(43)57(51)60(54(50)38-44)45-19-8-3-9-20-45/h1-38H. The van der Waals surface area contributed by atoms with E-state index in [0.29, 0.717) is 0 Å². The zero-order valence-electron chi connectivity index (χ0n) is 33.2. The fraction of sp³-hybridized carbons (Fsp3) is 0. The molecule has 0 N–H and O–H groups in total. The first-order valence-electron chi connectivity index (χ1n) is 20.8. The molecule has 2 aromatic heterocycles. The molecule has 12 rings (SSSR count). The van der Waals surface area contributed by atoms with Crippen LogP contribution in [0.5, 0.6) is 0 Å². The van der Waals surface area contributed by atoms with E-state index in [1.165, 1.54) is 86.1 Å². The van der Waals surface area contributed by atoms with E-state index in [9.17, 15) is 0 Å². The molecular weight excluding hydrogens is 757 g/mol. The van der Waals surface area contributed by atoms with Crippen LogP contribution in [0, 0.1) is 0 Å². The minimum absolute atomic E-state index is 1.10. The van der Waals surface area contributed by atoms with Crippen molar-refractivity contribution < 1.29 is 0 Å². The number of hydrogen-bond acceptors (Lipinski definition) is 2. The highest BCUT2D eigenvalue weighted by Crippen LogP contribution is 2.49. The maximum Gasteiger partial charge on any atom is 0.0619 e. The number of fused-ring (bicyclic) bond motifs is 8. The minimum atomic E-state index is 1.10. The number of nitrogens with zero attached hydrogens (tertiary/aromatic N) is 2. The summed E-state index contributed by atoms with van der Waals surface area (Å²) in [7, 11) is 0. The molecule has 10 aromatic carbocycles. The third-order valence-electron chi connectivity index (χ3n) is 12.2. The van der Waals surface area contributed by atoms with Crippen LogP contribution in [-0.2, 0) is 0 Å². The van der Waals surface area contributed by atoms with Gasteiger partial charge in [-0.2, -0.15) is 0 Å². The van der Waals surface area contributed by atoms with Crippen molar-refractivity contribution in [2.45, 2.75) is 0 Å². The lowest BCUT2D eigenvalue weighted by Crippen LogP contribution is -2.10. The van der Waals surface area contributed by atoms with Crippen LogP contribution in [0.3, 0.4) is 0 Å². The zero-order valence-corrected chi connectivity index (χ0v) is 34.1. The largest absolute Gasteiger partial charge is 0.310 e. The molecule has 286 valence electrons. The lowest BCUT2D eigenvalue weighted by Gasteiger charge is -2.27. The number of aromatic nitrogens is 1. The minimum Gasteiger partial charge on any atom is -0.310 e. The predicted octanol–water partition coefficient (Wildman–Crippen LogP) is 16.8. The molecule has 0 aliphatic rings. The maximum atomic E-state index is 2.45. The Kier molecular flexibility index (Phi) is 8.39. The molecule has 0 atom stereocenters. The molecule has 0 amide bonds. The number of anilines is 3. The summed E-state index contributed by atoms with van der Waals surface area (Å²) in [5, 5.41) is 7.55. The highest BCUT2D eigenvalue weighted by molar-refractivity contribution is 7.26. The van der Waals surface area contributed by atoms with E-state index in [0.717, 1.165) is 22.7 Å². The van der Waals surface area contributed by atoms with Crippen molar-refractivity contribution in [1.29, 1.82) is 0 Å². The number of hydrogen-bond donors (Lipinski definition) is 0. The Balaban J connectivity index is 1.03. The highest BCUT2D eigenvalue weighted by atomic mass is 32.1. The molecule has 0 saturated carbocycles. The second kappa shape index (κ2) is 14.5. The van der Waals surface area contributed by atoms with Gasteiger partial charge in [0.15, 0.2) is 0 Å². The average Bonchev–Trinajstić information content (AvgIpc) is 3.90. The number of rotatable bonds is 7. The van der Waals surface area contributed by atoms with Crippen molar-refractivity contribution >= 4 is 81.1 Å². The van der Waals surface area contributed by atoms with Gasteiger partial charge < -0.3 is 9.47 Å². The van der Waals surface area contributed by atoms with Gasteiger partial charge in [0.25, 0.3) is 0 Å². The number of para-hydroxylation sites is 1. The van der Waals surface area contributed by atoms with E-state index < -0.39 is 0 Å². The SMILES string of the molecule is c1ccc(-c2ccc(N(c3ccc(-c4ccc5c6ccc7ccccc7c6n(-c6ccccc6)c5c4)cc3)c3ccc(-c4ccccc4)c4sc5ccccc5c34)cc2)cc1. The van der Waals surface area contributed by atoms with Crippen molar-refractivity contribution in [3.63, 3.8) is 0 Å². The molecule has 0 spiro atoms. The third-order valence-corrected chi connectivity index (χ3v) is 13.4. The Morgan fingerprint density at radius 2 is 0.934 bits per heavy atom. The van der Waals surface area contributed by atoms with Crippen molar-refractivity contribution in [3.8, 4) is 39.1 Å². The van der Waals surface area contributed by atoms with Gasteiger partial charge in [-0.3, -0.25) is 0 Å². The summed E-state index contributed by atoms with van der Waals surface area (Å²) < 4.78 is 5.02. The van der Waals surface area contributed by atoms with E-state index in [1.807, 2.05) is 11.3 Å². The summed E-state index contributed by atoms with van der Waals surface area (Å²) in [5.74, 6) is 0. The fourth-order valence-corrected chi connectivity index (χ4v) is 10.6. The van der Waals surface area contributed by atoms with Crippen LogP contribution in [0.15, 0.2) is 231 Å². The van der Waals surface area contributed by atoms with Gasteiger partial charge in [-0.05, 0) is 93.4 Å². The van der Waals surface area contributed by atoms with E-state index in [1.54, 1.807) is 0 Å². The van der Waals surface area contributed by atoms with Crippen molar-refractivity contribution in [2.24, 2.45) is 0 Å². The highest BCUT2D eigenvalue weighted by Gasteiger charge is 2.22. The van der Waals surface area contributed by atoms with Gasteiger partial charge in [0, 0.05) is 53.4 Å². The summed E-state index contributed by atoms with van der Waals surface area (Å²) in [6.07, 6.45) is 0. The second-order valence-corrected chi connectivity index (χ2v) is 16.7. The number of benzene rings is 10. The van der Waals surface area contributed by atoms with Crippen LogP contribution >= 0.6 is 11.3 Å². The summed E-state index contributed by atoms with van der Waals surface area (Å²) >= 11 is 1.88. The van der Waals surface area contributed by atoms with Crippen LogP contribution in [0.4, 0.5) is 17.1 Å². The molecule has 3 heteroatoms. The molecule has 12 aromatic rings. The zero-order chi connectivity index (χ0) is 40.3. The van der Waals surface area contributed by atoms with E-state index >= 15 is 0 Å². The Morgan fingerprint density at radius 1 is 0.377 bits per heavy atom. The summed E-state index contributed by atoms with van der Waals surface area (Å²) in [5.41, 5.74) is 14.2. The Labute approximate surface area is 358 Å². The topological polar surface area (TPSA) is 8.17 Å². The van der Waals surface area contributed by atoms with Crippen LogP contribution in [0.25, 0.3) is 91.8 Å². The first kappa shape index (κ1) is 35.2. The molecule has 61 heavy (non-hydrogen) atoms. The Hall–Kier alpha value is -7.72. The van der Waals surface area contributed by atoms with Crippen molar-refractivity contribution in [2.75, 3.05) is 4.90 Å². The van der Waals surface area contributed by atoms with Crippen LogP contribution < -0.4 is 4.90 Å². The van der Waals surface area contributed by atoms with Gasteiger partial charge in [-0.15, -0.1) is 11.3 Å². The Morgan fingerprint density at radius 3 is 1.66 bits per heavy atom. The fourth-order valence-electron chi connectivity index (χ4n) is 9.31. The molecule has 2 heterocycles. The predicted molar refractivity (Wildman–Crippen MR) is 262 cm³/mol. The molecular formula is C58H38N2S. The third kappa shape index (κ3) is 5.93. The maximum absolute atomic E-state index is 2.45. The lowest BCUT2D eigenvalue weighted by atomic mass is 9.99. The lowest BCUT2D eigenvalue weighted by molar-refractivity contribution is 1.19. The first-order chi connectivity index (χ1) is 30.3. The first-order valence-corrected chi connectivity index (χ1v) is 21.7. The molecule has 0 bridgehead atoms. The normalized spacial score (nSPS) is 11.6. The van der Waals surface area contributed by atoms with Gasteiger partial charge >= 0.3 is 0 Å². The van der Waals surface area contributed by atoms with Gasteiger partial charge in [0.1, 0.15) is 0 Å². The van der Waals surface area contributed by atoms with Crippen LogP contribution in [0.2, 0.25) is 0 Å². The van der Waals surface area contributed by atoms with Crippen molar-refractivity contribution in [3.05, 3.63) is 231 Å². The molecule has 0 aliphatic heterocycles. The smallest absolute Gasteiger partial charge is 0.0619 e. The molecule has 0 radical (unpaired) electrons. The number of thiophene rings is 1. The van der Waals surface area contributed by atoms with Gasteiger partial charge in [-0.25, -0.2) is 0 Å². The van der Waals surface area contributed by atoms with E-state index in [4.69, 9.17) is 0 Å². The molecule has 0 unspecified atom stereocenters. The Bertz CT molecular complexity index is 3550. The molecule has 0 aliphatic carbocycles. The van der Waals surface area contributed by atoms with Gasteiger partial charge in [0.2, 0.25) is 0 Å². The van der Waals surface area contributed by atoms with Crippen molar-refractivity contribution in [1.82, 2.24) is 4.57 Å². The van der Waals surface area contributed by atoms with Gasteiger partial charge in [-0.1, -0.05) is 176 Å². The van der Waals surface area contributed by atoms with Gasteiger partial charge in [0.05, 0.1) is 16.7 Å². The van der Waals surface area contributed by atoms with Crippen LogP contribution in [-0.4, -0.2) is 4.57 Å². The molecule has 0 saturated heterocycles. The second-order valence-electron chi connectivity index (χ2n) is 15.7. The van der Waals surface area contributed by atoms with Crippen LogP contribution in [0.1, 0.15) is 0 Å². The molecule has 2 nitrogen and oxygen atoms in total. The quantitative estimate of drug-likeness (QED) is 0.156. The monoisotopic (exact) mass is 794 g/mol. The van der Waals surface area contributed by atoms with E-state index in [2.05, 4.69) is 240 Å².